The number of ketones is 2. The average Bonchev–Trinajstić information content (AvgIpc) is 2.23. The fourth-order valence-electron chi connectivity index (χ4n) is 1.07. The van der Waals surface area contributed by atoms with Gasteiger partial charge in [0.15, 0.2) is 0 Å². The van der Waals surface area contributed by atoms with Gasteiger partial charge in [0.05, 0.1) is 12.5 Å². The molecule has 1 unspecified atom stereocenters. The molecule has 0 aromatic carbocycles. The summed E-state index contributed by atoms with van der Waals surface area (Å²) in [6, 6.07) is 0. The normalized spacial score (nSPS) is 13.8. The Hall–Kier alpha value is -1.45. The highest BCUT2D eigenvalue weighted by Gasteiger charge is 2.35. The number of carbonyl (C=O) groups excluding carboxylic acids is 3. The second kappa shape index (κ2) is 5.44. The number of rotatable bonds is 6. The lowest BCUT2D eigenvalue weighted by Gasteiger charge is -2.21. The first-order valence-electron chi connectivity index (χ1n) is 4.63. The van der Waals surface area contributed by atoms with Crippen LogP contribution in [0.3, 0.4) is 0 Å². The summed E-state index contributed by atoms with van der Waals surface area (Å²) in [4.78, 5) is 33.4. The van der Waals surface area contributed by atoms with E-state index in [1.54, 1.807) is 6.92 Å². The predicted molar refractivity (Wildman–Crippen MR) is 55.2 cm³/mol. The zero-order valence-electron chi connectivity index (χ0n) is 9.33. The van der Waals surface area contributed by atoms with Crippen molar-refractivity contribution in [2.24, 2.45) is 5.41 Å². The van der Waals surface area contributed by atoms with Crippen LogP contribution >= 0.6 is 0 Å². The Bertz CT molecular complexity index is 293. The third-order valence-electron chi connectivity index (χ3n) is 2.34. The van der Waals surface area contributed by atoms with E-state index in [0.717, 1.165) is 7.11 Å². The van der Waals surface area contributed by atoms with Crippen molar-refractivity contribution in [2.75, 3.05) is 7.11 Å². The Balaban J connectivity index is 4.69. The van der Waals surface area contributed by atoms with Gasteiger partial charge in [-0.2, -0.15) is 0 Å². The Kier molecular flexibility index (Phi) is 4.91. The zero-order valence-corrected chi connectivity index (χ0v) is 9.33. The molecule has 0 aliphatic rings. The molecule has 4 heteroatoms. The Morgan fingerprint density at radius 1 is 1.40 bits per heavy atom. The molecule has 0 amide bonds. The standard InChI is InChI=1S/C11H16O4/c1-5-11(3,7-6-8(2)12)9(13)10(14)15-4/h5H,1,6-7H2,2-4H3. The first-order chi connectivity index (χ1) is 6.87. The second-order valence-electron chi connectivity index (χ2n) is 3.64. The SMILES string of the molecule is C=CC(C)(CCC(C)=O)C(=O)C(=O)OC. The zero-order chi connectivity index (χ0) is 12.1. The van der Waals surface area contributed by atoms with Crippen molar-refractivity contribution in [3.8, 4) is 0 Å². The highest BCUT2D eigenvalue weighted by atomic mass is 16.5. The van der Waals surface area contributed by atoms with Crippen LogP contribution in [0, 0.1) is 5.41 Å². The van der Waals surface area contributed by atoms with Gasteiger partial charge in [-0.05, 0) is 20.3 Å². The summed E-state index contributed by atoms with van der Waals surface area (Å²) < 4.78 is 4.35. The van der Waals surface area contributed by atoms with Gasteiger partial charge in [-0.3, -0.25) is 4.79 Å². The Labute approximate surface area is 89.3 Å². The molecule has 0 spiro atoms. The molecule has 0 aliphatic carbocycles. The molecular formula is C11H16O4. The fraction of sp³-hybridized carbons (Fsp3) is 0.545. The van der Waals surface area contributed by atoms with Crippen LogP contribution in [0.2, 0.25) is 0 Å². The topological polar surface area (TPSA) is 60.4 Å². The molecule has 0 aliphatic heterocycles. The molecule has 0 aromatic rings. The molecule has 84 valence electrons. The molecule has 0 radical (unpaired) electrons. The number of carbonyl (C=O) groups is 3. The highest BCUT2D eigenvalue weighted by molar-refractivity contribution is 6.36. The quantitative estimate of drug-likeness (QED) is 0.378. The number of hydrogen-bond donors (Lipinski definition) is 0. The minimum absolute atomic E-state index is 0.0271. The van der Waals surface area contributed by atoms with Gasteiger partial charge in [0.2, 0.25) is 5.78 Å². The van der Waals surface area contributed by atoms with Gasteiger partial charge in [0.25, 0.3) is 0 Å². The van der Waals surface area contributed by atoms with E-state index in [0.29, 0.717) is 0 Å². The van der Waals surface area contributed by atoms with Crippen molar-refractivity contribution < 1.29 is 19.1 Å². The van der Waals surface area contributed by atoms with E-state index in [1.807, 2.05) is 0 Å². The van der Waals surface area contributed by atoms with Gasteiger partial charge in [-0.25, -0.2) is 4.79 Å². The first kappa shape index (κ1) is 13.5. The maximum Gasteiger partial charge on any atom is 0.375 e. The van der Waals surface area contributed by atoms with Crippen LogP contribution in [0.25, 0.3) is 0 Å². The molecular weight excluding hydrogens is 196 g/mol. The van der Waals surface area contributed by atoms with Crippen molar-refractivity contribution in [1.29, 1.82) is 0 Å². The van der Waals surface area contributed by atoms with Gasteiger partial charge in [-0.1, -0.05) is 6.08 Å². The van der Waals surface area contributed by atoms with Crippen LogP contribution in [0.5, 0.6) is 0 Å². The van der Waals surface area contributed by atoms with Crippen molar-refractivity contribution >= 4 is 17.5 Å². The largest absolute Gasteiger partial charge is 0.463 e. The van der Waals surface area contributed by atoms with Crippen LogP contribution in [0.1, 0.15) is 26.7 Å². The van der Waals surface area contributed by atoms with E-state index in [2.05, 4.69) is 11.3 Å². The number of allylic oxidation sites excluding steroid dienone is 1. The summed E-state index contributed by atoms with van der Waals surface area (Å²) in [5.41, 5.74) is -1.02. The van der Waals surface area contributed by atoms with Crippen LogP contribution in [0.4, 0.5) is 0 Å². The summed E-state index contributed by atoms with van der Waals surface area (Å²) in [7, 11) is 1.15. The van der Waals surface area contributed by atoms with Crippen molar-refractivity contribution in [1.82, 2.24) is 0 Å². The highest BCUT2D eigenvalue weighted by Crippen LogP contribution is 2.26. The van der Waals surface area contributed by atoms with Crippen LogP contribution in [0.15, 0.2) is 12.7 Å². The van der Waals surface area contributed by atoms with Gasteiger partial charge in [-0.15, -0.1) is 6.58 Å². The predicted octanol–water partition coefficient (Wildman–Crippen LogP) is 1.29. The number of Topliss-reactive ketones (excluding diaryl/α,β-unsaturated/α-hetero) is 2. The molecule has 15 heavy (non-hydrogen) atoms. The van der Waals surface area contributed by atoms with Gasteiger partial charge in [0.1, 0.15) is 5.78 Å². The summed E-state index contributed by atoms with van der Waals surface area (Å²) in [6.07, 6.45) is 1.90. The average molecular weight is 212 g/mol. The summed E-state index contributed by atoms with van der Waals surface area (Å²) in [5.74, 6) is -1.59. The minimum Gasteiger partial charge on any atom is -0.463 e. The maximum atomic E-state index is 11.6. The summed E-state index contributed by atoms with van der Waals surface area (Å²) in [5, 5.41) is 0. The third kappa shape index (κ3) is 3.65. The van der Waals surface area contributed by atoms with Crippen LogP contribution in [-0.2, 0) is 19.1 Å². The molecule has 0 saturated carbocycles. The summed E-state index contributed by atoms with van der Waals surface area (Å²) in [6.45, 7) is 6.52. The van der Waals surface area contributed by atoms with Gasteiger partial charge >= 0.3 is 5.97 Å². The van der Waals surface area contributed by atoms with E-state index in [1.165, 1.54) is 13.0 Å². The van der Waals surface area contributed by atoms with Crippen molar-refractivity contribution in [2.45, 2.75) is 26.7 Å². The fourth-order valence-corrected chi connectivity index (χ4v) is 1.07. The van der Waals surface area contributed by atoms with Crippen molar-refractivity contribution in [3.63, 3.8) is 0 Å². The van der Waals surface area contributed by atoms with E-state index in [-0.39, 0.29) is 18.6 Å². The number of ether oxygens (including phenoxy) is 1. The number of methoxy groups -OCH3 is 1. The van der Waals surface area contributed by atoms with E-state index < -0.39 is 17.2 Å². The monoisotopic (exact) mass is 212 g/mol. The smallest absolute Gasteiger partial charge is 0.375 e. The van der Waals surface area contributed by atoms with Gasteiger partial charge < -0.3 is 9.53 Å². The molecule has 0 fully saturated rings. The summed E-state index contributed by atoms with van der Waals surface area (Å²) >= 11 is 0. The molecule has 0 bridgehead atoms. The van der Waals surface area contributed by atoms with Crippen LogP contribution in [-0.4, -0.2) is 24.6 Å². The molecule has 1 atom stereocenters. The Morgan fingerprint density at radius 3 is 2.27 bits per heavy atom. The molecule has 0 rings (SSSR count). The van der Waals surface area contributed by atoms with Gasteiger partial charge in [0, 0.05) is 6.42 Å². The van der Waals surface area contributed by atoms with E-state index >= 15 is 0 Å². The number of esters is 1. The van der Waals surface area contributed by atoms with E-state index in [9.17, 15) is 14.4 Å². The lowest BCUT2D eigenvalue weighted by atomic mass is 9.80. The maximum absolute atomic E-state index is 11.6. The minimum atomic E-state index is -1.02. The Morgan fingerprint density at radius 2 is 1.93 bits per heavy atom. The molecule has 0 saturated heterocycles. The van der Waals surface area contributed by atoms with E-state index in [4.69, 9.17) is 0 Å². The lowest BCUT2D eigenvalue weighted by Crippen LogP contribution is -2.33. The van der Waals surface area contributed by atoms with Crippen molar-refractivity contribution in [3.05, 3.63) is 12.7 Å². The number of hydrogen-bond acceptors (Lipinski definition) is 4. The molecule has 0 aromatic heterocycles. The third-order valence-corrected chi connectivity index (χ3v) is 2.34. The lowest BCUT2D eigenvalue weighted by molar-refractivity contribution is -0.155. The molecule has 0 N–H and O–H groups in total. The molecule has 0 heterocycles. The first-order valence-corrected chi connectivity index (χ1v) is 4.63. The second-order valence-corrected chi connectivity index (χ2v) is 3.64. The molecule has 4 nitrogen and oxygen atoms in total. The van der Waals surface area contributed by atoms with Crippen LogP contribution < -0.4 is 0 Å².